The molecule has 4 nitrogen and oxygen atoms in total. The Bertz CT molecular complexity index is 575. The van der Waals surface area contributed by atoms with Gasteiger partial charge in [0.15, 0.2) is 0 Å². The van der Waals surface area contributed by atoms with Crippen LogP contribution in [0, 0.1) is 29.6 Å². The van der Waals surface area contributed by atoms with Crippen molar-refractivity contribution >= 4 is 5.97 Å². The maximum atomic E-state index is 12.7. The molecule has 1 saturated heterocycles. The second-order valence-electron chi connectivity index (χ2n) is 7.98. The number of allylic oxidation sites excluding steroid dienone is 2. The van der Waals surface area contributed by atoms with E-state index in [0.717, 1.165) is 19.3 Å². The number of halogens is 3. The van der Waals surface area contributed by atoms with Crippen molar-refractivity contribution in [3.05, 3.63) is 12.2 Å². The van der Waals surface area contributed by atoms with Gasteiger partial charge in [-0.25, -0.2) is 0 Å². The first kappa shape index (κ1) is 17.3. The van der Waals surface area contributed by atoms with Crippen LogP contribution in [0.15, 0.2) is 12.2 Å². The largest absolute Gasteiger partial charge is 0.463 e. The van der Waals surface area contributed by atoms with Gasteiger partial charge in [-0.3, -0.25) is 4.79 Å². The summed E-state index contributed by atoms with van der Waals surface area (Å²) in [6, 6.07) is 0. The van der Waals surface area contributed by atoms with Crippen LogP contribution >= 0.6 is 0 Å². The van der Waals surface area contributed by atoms with Gasteiger partial charge in [0.2, 0.25) is 0 Å². The third-order valence-electron chi connectivity index (χ3n) is 6.56. The molecule has 2 saturated carbocycles. The molecule has 7 atom stereocenters. The number of aliphatic hydroxyl groups is 1. The topological polar surface area (TPSA) is 55.8 Å². The van der Waals surface area contributed by atoms with Crippen LogP contribution in [0.1, 0.15) is 38.5 Å². The van der Waals surface area contributed by atoms with Gasteiger partial charge >= 0.3 is 12.1 Å². The zero-order valence-corrected chi connectivity index (χ0v) is 13.9. The van der Waals surface area contributed by atoms with Gasteiger partial charge in [0.25, 0.3) is 5.79 Å². The number of esters is 1. The van der Waals surface area contributed by atoms with Crippen molar-refractivity contribution in [2.75, 3.05) is 6.61 Å². The minimum absolute atomic E-state index is 0.0210. The molecule has 1 aliphatic heterocycles. The quantitative estimate of drug-likeness (QED) is 0.620. The van der Waals surface area contributed by atoms with Gasteiger partial charge in [-0.1, -0.05) is 12.2 Å². The van der Waals surface area contributed by atoms with Crippen molar-refractivity contribution in [3.8, 4) is 0 Å². The van der Waals surface area contributed by atoms with Gasteiger partial charge in [0.05, 0.1) is 12.0 Å². The lowest BCUT2D eigenvalue weighted by atomic mass is 9.69. The van der Waals surface area contributed by atoms with E-state index in [1.165, 1.54) is 6.42 Å². The third-order valence-corrected chi connectivity index (χ3v) is 6.56. The molecule has 0 amide bonds. The molecule has 0 aromatic carbocycles. The number of hydrogen-bond acceptors (Lipinski definition) is 4. The highest BCUT2D eigenvalue weighted by Gasteiger charge is 2.59. The predicted octanol–water partition coefficient (Wildman–Crippen LogP) is 3.20. The molecule has 7 unspecified atom stereocenters. The lowest BCUT2D eigenvalue weighted by Crippen LogP contribution is -2.45. The van der Waals surface area contributed by atoms with Gasteiger partial charge in [-0.05, 0) is 55.8 Å². The zero-order valence-electron chi connectivity index (χ0n) is 13.9. The molecule has 25 heavy (non-hydrogen) atoms. The van der Waals surface area contributed by atoms with Gasteiger partial charge in [-0.2, -0.15) is 13.2 Å². The van der Waals surface area contributed by atoms with E-state index in [9.17, 15) is 23.1 Å². The Kier molecular flexibility index (Phi) is 4.15. The molecule has 140 valence electrons. The number of carbonyl (C=O) groups is 1. The van der Waals surface area contributed by atoms with Crippen molar-refractivity contribution < 1.29 is 32.5 Å². The molecule has 4 aliphatic rings. The van der Waals surface area contributed by atoms with Gasteiger partial charge < -0.3 is 14.6 Å². The summed E-state index contributed by atoms with van der Waals surface area (Å²) in [5.74, 6) is -1.16. The number of fused-ring (bicyclic) bond motifs is 5. The Morgan fingerprint density at radius 3 is 2.56 bits per heavy atom. The van der Waals surface area contributed by atoms with Gasteiger partial charge in [0.1, 0.15) is 6.61 Å². The molecule has 3 aliphatic carbocycles. The molecule has 3 fully saturated rings. The number of alkyl halides is 3. The van der Waals surface area contributed by atoms with E-state index in [4.69, 9.17) is 9.47 Å². The summed E-state index contributed by atoms with van der Waals surface area (Å²) in [5, 5.41) is 9.48. The number of rotatable bonds is 3. The van der Waals surface area contributed by atoms with E-state index in [1.54, 1.807) is 0 Å². The highest BCUT2D eigenvalue weighted by atomic mass is 19.4. The minimum atomic E-state index is -4.83. The SMILES string of the molecule is O=C(OCC1CCC(O)(C(F)(F)F)O1)C1CCC2C3C=CC(C3)C2C1. The Morgan fingerprint density at radius 2 is 1.88 bits per heavy atom. The highest BCUT2D eigenvalue weighted by molar-refractivity contribution is 5.72. The number of carbonyl (C=O) groups excluding carboxylic acids is 1. The Labute approximate surface area is 144 Å². The van der Waals surface area contributed by atoms with Crippen LogP contribution in [0.5, 0.6) is 0 Å². The molecule has 0 radical (unpaired) electrons. The molecule has 0 aromatic heterocycles. The second kappa shape index (κ2) is 5.98. The van der Waals surface area contributed by atoms with E-state index >= 15 is 0 Å². The first-order valence-electron chi connectivity index (χ1n) is 9.09. The van der Waals surface area contributed by atoms with Crippen LogP contribution < -0.4 is 0 Å². The first-order chi connectivity index (χ1) is 11.8. The van der Waals surface area contributed by atoms with E-state index in [2.05, 4.69) is 12.2 Å². The fourth-order valence-corrected chi connectivity index (χ4v) is 5.23. The van der Waals surface area contributed by atoms with E-state index in [1.807, 2.05) is 0 Å². The Morgan fingerprint density at radius 1 is 1.16 bits per heavy atom. The van der Waals surface area contributed by atoms with E-state index in [-0.39, 0.29) is 24.9 Å². The maximum absolute atomic E-state index is 12.7. The van der Waals surface area contributed by atoms with Crippen LogP contribution in [-0.4, -0.2) is 35.8 Å². The smallest absolute Gasteiger partial charge is 0.443 e. The summed E-state index contributed by atoms with van der Waals surface area (Å²) in [4.78, 5) is 12.3. The number of hydrogen-bond donors (Lipinski definition) is 1. The molecule has 1 heterocycles. The molecule has 0 spiro atoms. The second-order valence-corrected chi connectivity index (χ2v) is 7.98. The van der Waals surface area contributed by atoms with Crippen molar-refractivity contribution in [2.24, 2.45) is 29.6 Å². The van der Waals surface area contributed by atoms with Crippen LogP contribution in [0.25, 0.3) is 0 Å². The minimum Gasteiger partial charge on any atom is -0.463 e. The van der Waals surface area contributed by atoms with Crippen LogP contribution in [0.4, 0.5) is 13.2 Å². The molecular weight excluding hydrogens is 337 g/mol. The lowest BCUT2D eigenvalue weighted by molar-refractivity contribution is -0.358. The van der Waals surface area contributed by atoms with Crippen molar-refractivity contribution in [2.45, 2.75) is 56.6 Å². The molecule has 0 aromatic rings. The molecule has 1 N–H and O–H groups in total. The van der Waals surface area contributed by atoms with Gasteiger partial charge in [0, 0.05) is 6.42 Å². The molecule has 4 rings (SSSR count). The average molecular weight is 360 g/mol. The molecule has 7 heteroatoms. The number of ether oxygens (including phenoxy) is 2. The van der Waals surface area contributed by atoms with Crippen molar-refractivity contribution in [1.29, 1.82) is 0 Å². The maximum Gasteiger partial charge on any atom is 0.443 e. The Hall–Kier alpha value is -1.08. The third kappa shape index (κ3) is 2.99. The fourth-order valence-electron chi connectivity index (χ4n) is 5.23. The van der Waals surface area contributed by atoms with Crippen molar-refractivity contribution in [1.82, 2.24) is 0 Å². The summed E-state index contributed by atoms with van der Waals surface area (Å²) < 4.78 is 48.1. The van der Waals surface area contributed by atoms with Crippen LogP contribution in [0.2, 0.25) is 0 Å². The Balaban J connectivity index is 1.27. The zero-order chi connectivity index (χ0) is 17.8. The van der Waals surface area contributed by atoms with E-state index in [0.29, 0.717) is 23.7 Å². The normalized spacial score (nSPS) is 45.6. The van der Waals surface area contributed by atoms with Gasteiger partial charge in [-0.15, -0.1) is 0 Å². The lowest BCUT2D eigenvalue weighted by Gasteiger charge is -2.36. The first-order valence-corrected chi connectivity index (χ1v) is 9.09. The van der Waals surface area contributed by atoms with Crippen LogP contribution in [-0.2, 0) is 14.3 Å². The van der Waals surface area contributed by atoms with E-state index < -0.39 is 24.5 Å². The molecular formula is C18H23F3O4. The summed E-state index contributed by atoms with van der Waals surface area (Å²) in [6.45, 7) is -0.228. The average Bonchev–Trinajstić information content (AvgIpc) is 3.27. The predicted molar refractivity (Wildman–Crippen MR) is 81.1 cm³/mol. The van der Waals surface area contributed by atoms with Crippen LogP contribution in [0.3, 0.4) is 0 Å². The standard InChI is InChI=1S/C18H23F3O4/c19-18(20,21)17(23)6-5-13(25-17)9-24-16(22)12-3-4-14-10-1-2-11(7-10)15(14)8-12/h1-2,10-15,23H,3-9H2. The summed E-state index contributed by atoms with van der Waals surface area (Å²) in [6.07, 6.45) is 2.15. The van der Waals surface area contributed by atoms with Crippen molar-refractivity contribution in [3.63, 3.8) is 0 Å². The summed E-state index contributed by atoms with van der Waals surface area (Å²) >= 11 is 0. The summed E-state index contributed by atoms with van der Waals surface area (Å²) in [7, 11) is 0. The fraction of sp³-hybridized carbons (Fsp3) is 0.833. The monoisotopic (exact) mass is 360 g/mol. The highest BCUT2D eigenvalue weighted by Crippen LogP contribution is 2.55. The molecule has 2 bridgehead atoms. The summed E-state index contributed by atoms with van der Waals surface area (Å²) in [5.41, 5.74) is 0.